The number of methoxy groups -OCH3 is 3. The standard InChI is InChI=1S/C21H27N3O5/c1-13-17(20(25)28-5)10-16(29-13)11-23-21(22-2)24-7-6-14-8-18(26-3)19(27-4)9-15(14)12-24/h8-10H,6-7,11-12H2,1-5H3,(H,22,23). The van der Waals surface area contributed by atoms with Crippen LogP contribution in [0.4, 0.5) is 0 Å². The van der Waals surface area contributed by atoms with E-state index in [9.17, 15) is 4.79 Å². The average molecular weight is 401 g/mol. The van der Waals surface area contributed by atoms with E-state index in [0.29, 0.717) is 30.2 Å². The third-order valence-electron chi connectivity index (χ3n) is 5.02. The molecule has 1 aromatic carbocycles. The number of hydrogen-bond acceptors (Lipinski definition) is 6. The van der Waals surface area contributed by atoms with Gasteiger partial charge in [-0.15, -0.1) is 0 Å². The predicted octanol–water partition coefficient (Wildman–Crippen LogP) is 2.53. The summed E-state index contributed by atoms with van der Waals surface area (Å²) in [6, 6.07) is 5.76. The molecule has 0 spiro atoms. The molecule has 8 nitrogen and oxygen atoms in total. The Labute approximate surface area is 170 Å². The lowest BCUT2D eigenvalue weighted by Crippen LogP contribution is -2.43. The smallest absolute Gasteiger partial charge is 0.341 e. The molecule has 0 saturated carbocycles. The first kappa shape index (κ1) is 20.6. The number of carbonyl (C=O) groups is 1. The lowest BCUT2D eigenvalue weighted by molar-refractivity contribution is 0.0599. The van der Waals surface area contributed by atoms with Crippen molar-refractivity contribution in [3.8, 4) is 11.5 Å². The van der Waals surface area contributed by atoms with Crippen molar-refractivity contribution in [3.63, 3.8) is 0 Å². The van der Waals surface area contributed by atoms with Crippen LogP contribution in [-0.2, 0) is 24.2 Å². The third kappa shape index (κ3) is 4.31. The van der Waals surface area contributed by atoms with Crippen molar-refractivity contribution < 1.29 is 23.4 Å². The number of carbonyl (C=O) groups excluding carboxylic acids is 1. The normalized spacial score (nSPS) is 13.7. The van der Waals surface area contributed by atoms with Gasteiger partial charge in [0.15, 0.2) is 17.5 Å². The van der Waals surface area contributed by atoms with E-state index in [0.717, 1.165) is 30.4 Å². The Balaban J connectivity index is 1.70. The highest BCUT2D eigenvalue weighted by atomic mass is 16.5. The summed E-state index contributed by atoms with van der Waals surface area (Å²) in [5.74, 6) is 3.01. The quantitative estimate of drug-likeness (QED) is 0.468. The molecule has 0 bridgehead atoms. The second kappa shape index (κ2) is 8.89. The Morgan fingerprint density at radius 1 is 1.17 bits per heavy atom. The summed E-state index contributed by atoms with van der Waals surface area (Å²) in [5.41, 5.74) is 2.87. The second-order valence-electron chi connectivity index (χ2n) is 6.72. The number of benzene rings is 1. The van der Waals surface area contributed by atoms with E-state index in [1.165, 1.54) is 18.2 Å². The summed E-state index contributed by atoms with van der Waals surface area (Å²) in [6.07, 6.45) is 0.878. The van der Waals surface area contributed by atoms with Crippen LogP contribution in [0.2, 0.25) is 0 Å². The van der Waals surface area contributed by atoms with Gasteiger partial charge >= 0.3 is 5.97 Å². The maximum absolute atomic E-state index is 11.8. The molecular formula is C21H27N3O5. The van der Waals surface area contributed by atoms with Gasteiger partial charge in [0, 0.05) is 20.1 Å². The number of furan rings is 1. The second-order valence-corrected chi connectivity index (χ2v) is 6.72. The zero-order valence-electron chi connectivity index (χ0n) is 17.5. The minimum atomic E-state index is -0.404. The highest BCUT2D eigenvalue weighted by Gasteiger charge is 2.22. The zero-order valence-corrected chi connectivity index (χ0v) is 17.5. The Bertz CT molecular complexity index is 919. The van der Waals surface area contributed by atoms with E-state index >= 15 is 0 Å². The Morgan fingerprint density at radius 3 is 2.48 bits per heavy atom. The number of fused-ring (bicyclic) bond motifs is 1. The molecule has 8 heteroatoms. The summed E-state index contributed by atoms with van der Waals surface area (Å²) in [6.45, 7) is 3.69. The maximum Gasteiger partial charge on any atom is 0.341 e. The fraction of sp³-hybridized carbons (Fsp3) is 0.429. The first-order chi connectivity index (χ1) is 14.0. The molecule has 0 radical (unpaired) electrons. The fourth-order valence-electron chi connectivity index (χ4n) is 3.51. The summed E-state index contributed by atoms with van der Waals surface area (Å²) in [4.78, 5) is 18.3. The number of esters is 1. The molecule has 0 unspecified atom stereocenters. The summed E-state index contributed by atoms with van der Waals surface area (Å²) in [7, 11) is 6.39. The van der Waals surface area contributed by atoms with Gasteiger partial charge < -0.3 is 28.8 Å². The van der Waals surface area contributed by atoms with Gasteiger partial charge in [0.2, 0.25) is 0 Å². The van der Waals surface area contributed by atoms with Crippen molar-refractivity contribution in [2.75, 3.05) is 34.9 Å². The number of nitrogens with one attached hydrogen (secondary N) is 1. The number of rotatable bonds is 5. The van der Waals surface area contributed by atoms with E-state index in [4.69, 9.17) is 18.6 Å². The van der Waals surface area contributed by atoms with Crippen LogP contribution in [0.25, 0.3) is 0 Å². The molecule has 2 aromatic rings. The number of guanidine groups is 1. The molecule has 1 N–H and O–H groups in total. The molecule has 0 saturated heterocycles. The van der Waals surface area contributed by atoms with Crippen molar-refractivity contribution in [1.82, 2.24) is 10.2 Å². The first-order valence-corrected chi connectivity index (χ1v) is 9.37. The van der Waals surface area contributed by atoms with Crippen molar-refractivity contribution in [3.05, 3.63) is 46.4 Å². The Hall–Kier alpha value is -3.16. The molecule has 0 atom stereocenters. The predicted molar refractivity (Wildman–Crippen MR) is 109 cm³/mol. The fourth-order valence-corrected chi connectivity index (χ4v) is 3.51. The van der Waals surface area contributed by atoms with E-state index in [1.54, 1.807) is 34.3 Å². The van der Waals surface area contributed by atoms with Gasteiger partial charge in [0.1, 0.15) is 17.1 Å². The molecule has 0 aliphatic carbocycles. The molecule has 0 amide bonds. The van der Waals surface area contributed by atoms with Gasteiger partial charge in [-0.05, 0) is 42.7 Å². The van der Waals surface area contributed by atoms with Crippen molar-refractivity contribution in [1.29, 1.82) is 0 Å². The lowest BCUT2D eigenvalue weighted by Gasteiger charge is -2.32. The highest BCUT2D eigenvalue weighted by Crippen LogP contribution is 2.33. The molecule has 0 fully saturated rings. The number of hydrogen-bond donors (Lipinski definition) is 1. The number of aryl methyl sites for hydroxylation is 1. The van der Waals surface area contributed by atoms with Crippen LogP contribution >= 0.6 is 0 Å². The van der Waals surface area contributed by atoms with E-state index in [2.05, 4.69) is 15.2 Å². The average Bonchev–Trinajstić information content (AvgIpc) is 3.12. The molecule has 3 rings (SSSR count). The van der Waals surface area contributed by atoms with Crippen LogP contribution in [0.5, 0.6) is 11.5 Å². The largest absolute Gasteiger partial charge is 0.493 e. The monoisotopic (exact) mass is 401 g/mol. The summed E-state index contributed by atoms with van der Waals surface area (Å²) in [5, 5.41) is 3.31. The highest BCUT2D eigenvalue weighted by molar-refractivity contribution is 5.90. The first-order valence-electron chi connectivity index (χ1n) is 9.37. The van der Waals surface area contributed by atoms with Crippen LogP contribution in [0.15, 0.2) is 27.6 Å². The number of nitrogens with zero attached hydrogens (tertiary/aromatic N) is 2. The molecule has 1 aliphatic rings. The molecule has 1 aromatic heterocycles. The molecule has 29 heavy (non-hydrogen) atoms. The van der Waals surface area contributed by atoms with E-state index in [1.807, 2.05) is 12.1 Å². The number of aliphatic imine (C=N–C) groups is 1. The van der Waals surface area contributed by atoms with E-state index < -0.39 is 5.97 Å². The van der Waals surface area contributed by atoms with Crippen LogP contribution in [-0.4, -0.2) is 51.8 Å². The van der Waals surface area contributed by atoms with Crippen LogP contribution < -0.4 is 14.8 Å². The molecule has 1 aliphatic heterocycles. The minimum Gasteiger partial charge on any atom is -0.493 e. The Kier molecular flexibility index (Phi) is 6.31. The lowest BCUT2D eigenvalue weighted by atomic mass is 9.99. The van der Waals surface area contributed by atoms with Gasteiger partial charge in [0.25, 0.3) is 0 Å². The van der Waals surface area contributed by atoms with Crippen LogP contribution in [0.3, 0.4) is 0 Å². The van der Waals surface area contributed by atoms with Crippen molar-refractivity contribution in [2.45, 2.75) is 26.4 Å². The molecule has 2 heterocycles. The minimum absolute atomic E-state index is 0.404. The molecular weight excluding hydrogens is 374 g/mol. The maximum atomic E-state index is 11.8. The van der Waals surface area contributed by atoms with Crippen LogP contribution in [0.1, 0.15) is 33.0 Å². The zero-order chi connectivity index (χ0) is 21.0. The van der Waals surface area contributed by atoms with Gasteiger partial charge in [-0.3, -0.25) is 4.99 Å². The van der Waals surface area contributed by atoms with E-state index in [-0.39, 0.29) is 0 Å². The van der Waals surface area contributed by atoms with Crippen LogP contribution in [0, 0.1) is 6.92 Å². The van der Waals surface area contributed by atoms with Crippen molar-refractivity contribution in [2.24, 2.45) is 4.99 Å². The van der Waals surface area contributed by atoms with Gasteiger partial charge in [-0.2, -0.15) is 0 Å². The van der Waals surface area contributed by atoms with Crippen molar-refractivity contribution >= 4 is 11.9 Å². The summed E-state index contributed by atoms with van der Waals surface area (Å²) < 4.78 is 21.3. The summed E-state index contributed by atoms with van der Waals surface area (Å²) >= 11 is 0. The topological polar surface area (TPSA) is 85.5 Å². The molecule has 156 valence electrons. The van der Waals surface area contributed by atoms with Gasteiger partial charge in [-0.25, -0.2) is 4.79 Å². The number of ether oxygens (including phenoxy) is 3. The third-order valence-corrected chi connectivity index (χ3v) is 5.02. The Morgan fingerprint density at radius 2 is 1.86 bits per heavy atom. The van der Waals surface area contributed by atoms with Gasteiger partial charge in [-0.1, -0.05) is 0 Å². The van der Waals surface area contributed by atoms with Gasteiger partial charge in [0.05, 0.1) is 27.9 Å². The SMILES string of the molecule is CN=C(NCc1cc(C(=O)OC)c(C)o1)N1CCc2cc(OC)c(OC)cc2C1.